The SMILES string of the molecule is C[C@@H](NC(=O)CCl)C1=c2ccccc2=NC1. The van der Waals surface area contributed by atoms with Gasteiger partial charge in [0, 0.05) is 11.3 Å². The first-order valence-electron chi connectivity index (χ1n) is 5.20. The first kappa shape index (κ1) is 11.1. The first-order chi connectivity index (χ1) is 7.72. The Morgan fingerprint density at radius 3 is 3.06 bits per heavy atom. The minimum atomic E-state index is -0.147. The molecule has 1 aromatic carbocycles. The molecule has 4 heteroatoms. The minimum absolute atomic E-state index is 0.00356. The first-order valence-corrected chi connectivity index (χ1v) is 5.73. The van der Waals surface area contributed by atoms with Crippen molar-refractivity contribution in [1.29, 1.82) is 0 Å². The predicted octanol–water partition coefficient (Wildman–Crippen LogP) is 0.214. The second-order valence-corrected chi connectivity index (χ2v) is 4.05. The van der Waals surface area contributed by atoms with E-state index in [1.165, 1.54) is 0 Å². The van der Waals surface area contributed by atoms with Crippen LogP contribution >= 0.6 is 11.6 Å². The Labute approximate surface area is 98.8 Å². The van der Waals surface area contributed by atoms with Crippen LogP contribution in [0.3, 0.4) is 0 Å². The van der Waals surface area contributed by atoms with Gasteiger partial charge in [-0.2, -0.15) is 0 Å². The number of carbonyl (C=O) groups excluding carboxylic acids is 1. The molecule has 1 N–H and O–H groups in total. The summed E-state index contributed by atoms with van der Waals surface area (Å²) in [6, 6.07) is 7.95. The predicted molar refractivity (Wildman–Crippen MR) is 63.8 cm³/mol. The van der Waals surface area contributed by atoms with Gasteiger partial charge in [0.05, 0.1) is 11.9 Å². The summed E-state index contributed by atoms with van der Waals surface area (Å²) in [5.74, 6) is -0.151. The number of halogens is 1. The summed E-state index contributed by atoms with van der Waals surface area (Å²) in [6.45, 7) is 2.61. The van der Waals surface area contributed by atoms with Crippen LogP contribution in [-0.2, 0) is 4.79 Å². The number of hydrogen-bond donors (Lipinski definition) is 1. The Bertz CT molecular complexity index is 524. The lowest BCUT2D eigenvalue weighted by atomic mass is 10.1. The van der Waals surface area contributed by atoms with Crippen molar-refractivity contribution in [3.8, 4) is 0 Å². The Morgan fingerprint density at radius 1 is 1.56 bits per heavy atom. The summed E-state index contributed by atoms with van der Waals surface area (Å²) < 4.78 is 0. The van der Waals surface area contributed by atoms with E-state index < -0.39 is 0 Å². The molecule has 0 saturated carbocycles. The minimum Gasteiger partial charge on any atom is -0.349 e. The molecule has 2 rings (SSSR count). The van der Waals surface area contributed by atoms with E-state index in [4.69, 9.17) is 11.6 Å². The number of hydrogen-bond acceptors (Lipinski definition) is 2. The van der Waals surface area contributed by atoms with Crippen molar-refractivity contribution in [3.63, 3.8) is 0 Å². The van der Waals surface area contributed by atoms with Crippen LogP contribution in [-0.4, -0.2) is 24.4 Å². The van der Waals surface area contributed by atoms with Gasteiger partial charge in [-0.05, 0) is 18.6 Å². The van der Waals surface area contributed by atoms with Gasteiger partial charge in [-0.25, -0.2) is 0 Å². The second-order valence-electron chi connectivity index (χ2n) is 3.78. The van der Waals surface area contributed by atoms with E-state index in [1.54, 1.807) is 0 Å². The average molecular weight is 237 g/mol. The van der Waals surface area contributed by atoms with Crippen LogP contribution in [0.25, 0.3) is 5.57 Å². The standard InChI is InChI=1S/C12H13ClN2O/c1-8(15-12(16)6-13)10-7-14-11-5-3-2-4-9(10)11/h2-5,8H,6-7H2,1H3,(H,15,16)/t8-/m1/s1. The fraction of sp³-hybridized carbons (Fsp3) is 0.333. The molecule has 0 unspecified atom stereocenters. The van der Waals surface area contributed by atoms with Gasteiger partial charge in [-0.3, -0.25) is 9.79 Å². The molecule has 1 aliphatic rings. The van der Waals surface area contributed by atoms with Gasteiger partial charge in [0.1, 0.15) is 5.88 Å². The van der Waals surface area contributed by atoms with Crippen LogP contribution in [0.1, 0.15) is 6.92 Å². The Hall–Kier alpha value is -1.35. The quantitative estimate of drug-likeness (QED) is 0.750. The van der Waals surface area contributed by atoms with Crippen molar-refractivity contribution in [2.45, 2.75) is 13.0 Å². The highest BCUT2D eigenvalue weighted by Gasteiger charge is 2.15. The number of para-hydroxylation sites is 1. The molecule has 0 aromatic heterocycles. The molecule has 0 saturated heterocycles. The molecule has 0 radical (unpaired) electrons. The topological polar surface area (TPSA) is 41.5 Å². The number of benzene rings is 1. The molecule has 16 heavy (non-hydrogen) atoms. The normalized spacial score (nSPS) is 15.2. The molecule has 0 spiro atoms. The summed E-state index contributed by atoms with van der Waals surface area (Å²) in [6.07, 6.45) is 0. The third-order valence-corrected chi connectivity index (χ3v) is 2.93. The number of carbonyl (C=O) groups is 1. The van der Waals surface area contributed by atoms with Crippen molar-refractivity contribution in [1.82, 2.24) is 5.32 Å². The zero-order valence-corrected chi connectivity index (χ0v) is 9.79. The van der Waals surface area contributed by atoms with Gasteiger partial charge in [-0.15, -0.1) is 11.6 Å². The Morgan fingerprint density at radius 2 is 2.31 bits per heavy atom. The van der Waals surface area contributed by atoms with E-state index in [-0.39, 0.29) is 17.8 Å². The smallest absolute Gasteiger partial charge is 0.235 e. The maximum absolute atomic E-state index is 11.2. The van der Waals surface area contributed by atoms with Crippen LogP contribution in [0.2, 0.25) is 0 Å². The van der Waals surface area contributed by atoms with E-state index in [9.17, 15) is 4.79 Å². The van der Waals surface area contributed by atoms with Gasteiger partial charge in [0.15, 0.2) is 0 Å². The van der Waals surface area contributed by atoms with Crippen LogP contribution < -0.4 is 15.9 Å². The number of amides is 1. The van der Waals surface area contributed by atoms with Crippen molar-refractivity contribution in [3.05, 3.63) is 34.8 Å². The van der Waals surface area contributed by atoms with E-state index in [0.717, 1.165) is 16.1 Å². The molecule has 1 heterocycles. The number of alkyl halides is 1. The molecule has 1 amide bonds. The van der Waals surface area contributed by atoms with Gasteiger partial charge < -0.3 is 5.32 Å². The lowest BCUT2D eigenvalue weighted by Crippen LogP contribution is -2.37. The van der Waals surface area contributed by atoms with Crippen LogP contribution in [0, 0.1) is 0 Å². The maximum Gasteiger partial charge on any atom is 0.235 e. The Balaban J connectivity index is 2.31. The molecule has 1 atom stereocenters. The summed E-state index contributed by atoms with van der Waals surface area (Å²) >= 11 is 5.46. The average Bonchev–Trinajstić information content (AvgIpc) is 2.72. The van der Waals surface area contributed by atoms with E-state index in [1.807, 2.05) is 31.2 Å². The highest BCUT2D eigenvalue weighted by atomic mass is 35.5. The van der Waals surface area contributed by atoms with Gasteiger partial charge in [-0.1, -0.05) is 18.2 Å². The molecule has 1 aromatic rings. The molecular formula is C12H13ClN2O. The monoisotopic (exact) mass is 236 g/mol. The third-order valence-electron chi connectivity index (χ3n) is 2.69. The third kappa shape index (κ3) is 2.09. The number of nitrogens with one attached hydrogen (secondary N) is 1. The molecule has 1 aliphatic heterocycles. The van der Waals surface area contributed by atoms with Gasteiger partial charge >= 0.3 is 0 Å². The van der Waals surface area contributed by atoms with E-state index in [0.29, 0.717) is 6.54 Å². The number of rotatable bonds is 3. The summed E-state index contributed by atoms with van der Waals surface area (Å²) in [5, 5.41) is 4.98. The lowest BCUT2D eigenvalue weighted by Gasteiger charge is -2.13. The van der Waals surface area contributed by atoms with Crippen LogP contribution in [0.4, 0.5) is 0 Å². The van der Waals surface area contributed by atoms with Gasteiger partial charge in [0.2, 0.25) is 5.91 Å². The summed E-state index contributed by atoms with van der Waals surface area (Å²) in [4.78, 5) is 15.6. The lowest BCUT2D eigenvalue weighted by molar-refractivity contribution is -0.118. The second kappa shape index (κ2) is 4.66. The number of nitrogens with zero attached hydrogens (tertiary/aromatic N) is 1. The zero-order chi connectivity index (χ0) is 11.5. The fourth-order valence-corrected chi connectivity index (χ4v) is 1.95. The maximum atomic E-state index is 11.2. The molecule has 0 bridgehead atoms. The Kier molecular flexibility index (Phi) is 3.25. The highest BCUT2D eigenvalue weighted by molar-refractivity contribution is 6.27. The molecule has 0 aliphatic carbocycles. The number of fused-ring (bicyclic) bond motifs is 1. The van der Waals surface area contributed by atoms with Crippen LogP contribution in [0.15, 0.2) is 29.3 Å². The fourth-order valence-electron chi connectivity index (χ4n) is 1.88. The molecule has 84 valence electrons. The summed E-state index contributed by atoms with van der Waals surface area (Å²) in [7, 11) is 0. The summed E-state index contributed by atoms with van der Waals surface area (Å²) in [5.41, 5.74) is 1.15. The zero-order valence-electron chi connectivity index (χ0n) is 9.03. The van der Waals surface area contributed by atoms with Crippen molar-refractivity contribution >= 4 is 23.1 Å². The highest BCUT2D eigenvalue weighted by Crippen LogP contribution is 2.04. The van der Waals surface area contributed by atoms with E-state index in [2.05, 4.69) is 10.3 Å². The van der Waals surface area contributed by atoms with E-state index >= 15 is 0 Å². The van der Waals surface area contributed by atoms with Crippen molar-refractivity contribution < 1.29 is 4.79 Å². The molecular weight excluding hydrogens is 224 g/mol. The largest absolute Gasteiger partial charge is 0.349 e. The van der Waals surface area contributed by atoms with Gasteiger partial charge in [0.25, 0.3) is 0 Å². The molecule has 3 nitrogen and oxygen atoms in total. The van der Waals surface area contributed by atoms with Crippen molar-refractivity contribution in [2.24, 2.45) is 4.99 Å². The van der Waals surface area contributed by atoms with Crippen molar-refractivity contribution in [2.75, 3.05) is 12.4 Å². The van der Waals surface area contributed by atoms with Crippen LogP contribution in [0.5, 0.6) is 0 Å². The molecule has 0 fully saturated rings.